The normalized spacial score (nSPS) is 26.5. The number of carbonyl (C=O) groups excluding carboxylic acids is 4. The van der Waals surface area contributed by atoms with E-state index in [2.05, 4.69) is 0 Å². The molecule has 1 fully saturated rings. The predicted octanol–water partition coefficient (Wildman–Crippen LogP) is 4.84. The van der Waals surface area contributed by atoms with Crippen LogP contribution in [0.15, 0.2) is 11.6 Å². The molecule has 8 nitrogen and oxygen atoms in total. The highest BCUT2D eigenvalue weighted by atomic mass is 16.6. The molecule has 4 unspecified atom stereocenters. The van der Waals surface area contributed by atoms with E-state index in [9.17, 15) is 19.2 Å². The molecule has 0 saturated heterocycles. The Hall–Kier alpha value is -2.38. The summed E-state index contributed by atoms with van der Waals surface area (Å²) in [4.78, 5) is 54.3. The van der Waals surface area contributed by atoms with E-state index in [0.717, 1.165) is 5.57 Å². The molecule has 0 spiro atoms. The summed E-state index contributed by atoms with van der Waals surface area (Å²) in [5.74, 6) is -7.12. The van der Waals surface area contributed by atoms with E-state index in [0.29, 0.717) is 6.42 Å². The summed E-state index contributed by atoms with van der Waals surface area (Å²) in [5, 5.41) is 0. The lowest BCUT2D eigenvalue weighted by Gasteiger charge is -2.51. The van der Waals surface area contributed by atoms with Gasteiger partial charge in [0.15, 0.2) is 0 Å². The largest absolute Gasteiger partial charge is 0.465 e. The number of rotatable bonds is 13. The van der Waals surface area contributed by atoms with Crippen LogP contribution in [-0.4, -0.2) is 50.3 Å². The number of esters is 4. The number of fused-ring (bicyclic) bond motifs is 2. The van der Waals surface area contributed by atoms with Gasteiger partial charge in [0.1, 0.15) is 0 Å². The monoisotopic (exact) mass is 536 g/mol. The van der Waals surface area contributed by atoms with Crippen molar-refractivity contribution in [3.8, 4) is 0 Å². The summed E-state index contributed by atoms with van der Waals surface area (Å²) in [7, 11) is 0. The molecule has 2 bridgehead atoms. The van der Waals surface area contributed by atoms with Gasteiger partial charge in [-0.05, 0) is 30.1 Å². The van der Waals surface area contributed by atoms with Crippen LogP contribution >= 0.6 is 0 Å². The molecule has 216 valence electrons. The number of hydrogen-bond donors (Lipinski definition) is 0. The molecule has 0 amide bonds. The lowest BCUT2D eigenvalue weighted by molar-refractivity contribution is -0.187. The van der Waals surface area contributed by atoms with E-state index in [4.69, 9.17) is 18.9 Å². The van der Waals surface area contributed by atoms with E-state index in [-0.39, 0.29) is 50.1 Å². The topological polar surface area (TPSA) is 105 Å². The van der Waals surface area contributed by atoms with Gasteiger partial charge in [0, 0.05) is 11.8 Å². The fraction of sp³-hybridized carbons (Fsp3) is 0.800. The highest BCUT2D eigenvalue weighted by Crippen LogP contribution is 2.56. The quantitative estimate of drug-likeness (QED) is 0.187. The second kappa shape index (κ2) is 14.1. The van der Waals surface area contributed by atoms with Gasteiger partial charge in [-0.15, -0.1) is 0 Å². The molecule has 0 aliphatic heterocycles. The molecule has 4 atom stereocenters. The highest BCUT2D eigenvalue weighted by molar-refractivity contribution is 5.90. The number of hydrogen-bond acceptors (Lipinski definition) is 8. The zero-order chi connectivity index (χ0) is 28.7. The third-order valence-corrected chi connectivity index (χ3v) is 6.94. The highest BCUT2D eigenvalue weighted by Gasteiger charge is 2.64. The van der Waals surface area contributed by atoms with Crippen molar-refractivity contribution in [2.24, 2.45) is 59.2 Å². The van der Waals surface area contributed by atoms with Crippen LogP contribution in [0.25, 0.3) is 0 Å². The van der Waals surface area contributed by atoms with E-state index in [1.807, 2.05) is 68.4 Å². The molecule has 0 N–H and O–H groups in total. The van der Waals surface area contributed by atoms with Gasteiger partial charge in [0.2, 0.25) is 0 Å². The Balaban J connectivity index is 2.62. The molecule has 3 rings (SSSR count). The van der Waals surface area contributed by atoms with Crippen molar-refractivity contribution in [2.75, 3.05) is 26.4 Å². The fourth-order valence-electron chi connectivity index (χ4n) is 5.33. The van der Waals surface area contributed by atoms with Crippen molar-refractivity contribution in [2.45, 2.75) is 68.7 Å². The van der Waals surface area contributed by atoms with Crippen LogP contribution in [-0.2, 0) is 38.1 Å². The van der Waals surface area contributed by atoms with Crippen molar-refractivity contribution >= 4 is 23.9 Å². The molecular weight excluding hydrogens is 488 g/mol. The first-order chi connectivity index (χ1) is 17.8. The van der Waals surface area contributed by atoms with Crippen LogP contribution in [0.5, 0.6) is 0 Å². The van der Waals surface area contributed by atoms with Crippen LogP contribution in [0.1, 0.15) is 68.7 Å². The van der Waals surface area contributed by atoms with Gasteiger partial charge in [0.05, 0.1) is 50.1 Å². The SMILES string of the molecule is CCC1=CC2C(C(=O)OCC(C)C)C(C(=O)OCC(C)C)C1C(C(=O)OCC(C)C)C2C(=O)OCC(C)C. The zero-order valence-corrected chi connectivity index (χ0v) is 24.7. The molecule has 0 radical (unpaired) electrons. The maximum absolute atomic E-state index is 13.6. The zero-order valence-electron chi connectivity index (χ0n) is 24.7. The Kier molecular flexibility index (Phi) is 11.8. The van der Waals surface area contributed by atoms with Gasteiger partial charge in [-0.2, -0.15) is 0 Å². The maximum atomic E-state index is 13.6. The van der Waals surface area contributed by atoms with Crippen LogP contribution in [0.2, 0.25) is 0 Å². The molecule has 3 aliphatic rings. The van der Waals surface area contributed by atoms with Gasteiger partial charge in [-0.25, -0.2) is 0 Å². The van der Waals surface area contributed by atoms with Crippen LogP contribution in [0, 0.1) is 59.2 Å². The summed E-state index contributed by atoms with van der Waals surface area (Å²) < 4.78 is 22.6. The molecule has 3 aliphatic carbocycles. The van der Waals surface area contributed by atoms with Crippen LogP contribution < -0.4 is 0 Å². The first-order valence-corrected chi connectivity index (χ1v) is 14.2. The standard InChI is InChI=1S/C30H48O8/c1-10-20-11-21-23(27(31)35-12-16(2)3)25(29(33)37-14-18(6)7)22(20)26(30(34)38-15-19(8)9)24(21)28(32)36-13-17(4)5/h11,16-19,21-26H,10,12-15H2,1-9H3. The third kappa shape index (κ3) is 7.82. The summed E-state index contributed by atoms with van der Waals surface area (Å²) in [6.07, 6.45) is 2.45. The number of ether oxygens (including phenoxy) is 4. The predicted molar refractivity (Wildman–Crippen MR) is 143 cm³/mol. The molecule has 0 aromatic rings. The maximum Gasteiger partial charge on any atom is 0.310 e. The Morgan fingerprint density at radius 3 is 1.13 bits per heavy atom. The van der Waals surface area contributed by atoms with Gasteiger partial charge in [-0.3, -0.25) is 19.2 Å². The Labute approximate surface area is 228 Å². The van der Waals surface area contributed by atoms with Crippen molar-refractivity contribution < 1.29 is 38.1 Å². The van der Waals surface area contributed by atoms with E-state index >= 15 is 0 Å². The third-order valence-electron chi connectivity index (χ3n) is 6.94. The molecular formula is C30H48O8. The second-order valence-electron chi connectivity index (χ2n) is 12.4. The summed E-state index contributed by atoms with van der Waals surface area (Å²) in [6.45, 7) is 18.1. The summed E-state index contributed by atoms with van der Waals surface area (Å²) in [5.41, 5.74) is 0.855. The lowest BCUT2D eigenvalue weighted by Crippen LogP contribution is -2.60. The van der Waals surface area contributed by atoms with Gasteiger partial charge >= 0.3 is 23.9 Å². The summed E-state index contributed by atoms with van der Waals surface area (Å²) in [6, 6.07) is 0. The van der Waals surface area contributed by atoms with E-state index in [1.165, 1.54) is 0 Å². The Bertz CT molecular complexity index is 811. The first kappa shape index (κ1) is 31.8. The lowest BCUT2D eigenvalue weighted by atomic mass is 9.50. The summed E-state index contributed by atoms with van der Waals surface area (Å²) >= 11 is 0. The molecule has 38 heavy (non-hydrogen) atoms. The minimum absolute atomic E-state index is 0.0952. The van der Waals surface area contributed by atoms with Gasteiger partial charge < -0.3 is 18.9 Å². The number of carbonyl (C=O) groups is 4. The van der Waals surface area contributed by atoms with E-state index < -0.39 is 59.4 Å². The second-order valence-corrected chi connectivity index (χ2v) is 12.4. The first-order valence-electron chi connectivity index (χ1n) is 14.2. The molecule has 8 heteroatoms. The molecule has 0 aromatic heterocycles. The Morgan fingerprint density at radius 1 is 0.579 bits per heavy atom. The minimum Gasteiger partial charge on any atom is -0.465 e. The van der Waals surface area contributed by atoms with E-state index in [1.54, 1.807) is 0 Å². The van der Waals surface area contributed by atoms with Crippen LogP contribution in [0.4, 0.5) is 0 Å². The molecule has 1 saturated carbocycles. The van der Waals surface area contributed by atoms with Crippen molar-refractivity contribution in [1.82, 2.24) is 0 Å². The van der Waals surface area contributed by atoms with Crippen LogP contribution in [0.3, 0.4) is 0 Å². The van der Waals surface area contributed by atoms with Crippen molar-refractivity contribution in [3.05, 3.63) is 11.6 Å². The smallest absolute Gasteiger partial charge is 0.310 e. The van der Waals surface area contributed by atoms with Crippen molar-refractivity contribution in [3.63, 3.8) is 0 Å². The van der Waals surface area contributed by atoms with Gasteiger partial charge in [0.25, 0.3) is 0 Å². The molecule has 0 aromatic carbocycles. The molecule has 0 heterocycles. The van der Waals surface area contributed by atoms with Gasteiger partial charge in [-0.1, -0.05) is 74.0 Å². The number of allylic oxidation sites excluding steroid dienone is 2. The average Bonchev–Trinajstić information content (AvgIpc) is 2.85. The minimum atomic E-state index is -0.959. The van der Waals surface area contributed by atoms with Crippen molar-refractivity contribution in [1.29, 1.82) is 0 Å². The fourth-order valence-corrected chi connectivity index (χ4v) is 5.33. The Morgan fingerprint density at radius 2 is 0.868 bits per heavy atom. The average molecular weight is 537 g/mol.